The first-order valence-electron chi connectivity index (χ1n) is 3.10. The minimum Gasteiger partial charge on any atom is -0.315 e. The van der Waals surface area contributed by atoms with E-state index in [0.29, 0.717) is 0 Å². The van der Waals surface area contributed by atoms with Gasteiger partial charge in [0.1, 0.15) is 6.04 Å². The molecule has 0 saturated heterocycles. The van der Waals surface area contributed by atoms with Gasteiger partial charge < -0.3 is 5.73 Å². The first-order valence-corrected chi connectivity index (χ1v) is 3.10. The molecule has 0 radical (unpaired) electrons. The maximum Gasteiger partial charge on any atom is 0.409 e. The summed E-state index contributed by atoms with van der Waals surface area (Å²) in [7, 11) is 0. The summed E-state index contributed by atoms with van der Waals surface area (Å²) < 4.78 is 35.8. The molecule has 0 aliphatic rings. The maximum absolute atomic E-state index is 11.9. The summed E-state index contributed by atoms with van der Waals surface area (Å²) in [6.45, 7) is 0. The minimum absolute atomic E-state index is 0.273. The van der Waals surface area contributed by atoms with Gasteiger partial charge in [0.15, 0.2) is 0 Å². The third-order valence-corrected chi connectivity index (χ3v) is 1.25. The largest absolute Gasteiger partial charge is 0.409 e. The fourth-order valence-corrected chi connectivity index (χ4v) is 0.639. The quantitative estimate of drug-likeness (QED) is 0.697. The molecule has 6 heteroatoms. The summed E-state index contributed by atoms with van der Waals surface area (Å²) in [6, 6.07) is -2.05. The molecule has 1 aromatic rings. The van der Waals surface area contributed by atoms with E-state index in [0.717, 1.165) is 6.20 Å². The molecule has 0 spiro atoms. The molecular weight excluding hydrogens is 171 g/mol. The lowest BCUT2D eigenvalue weighted by Crippen LogP contribution is -2.29. The maximum atomic E-state index is 11.9. The molecule has 0 aromatic carbocycles. The van der Waals surface area contributed by atoms with Crippen molar-refractivity contribution in [3.8, 4) is 0 Å². The van der Waals surface area contributed by atoms with Crippen molar-refractivity contribution >= 4 is 0 Å². The second kappa shape index (κ2) is 3.06. The number of aromatic nitrogens is 2. The second-order valence-corrected chi connectivity index (χ2v) is 2.15. The van der Waals surface area contributed by atoms with E-state index in [1.807, 2.05) is 0 Å². The lowest BCUT2D eigenvalue weighted by atomic mass is 10.2. The first kappa shape index (κ1) is 8.92. The number of nitrogens with two attached hydrogens (primary N) is 1. The van der Waals surface area contributed by atoms with Crippen molar-refractivity contribution in [2.75, 3.05) is 0 Å². The zero-order valence-corrected chi connectivity index (χ0v) is 5.92. The number of hydrogen-bond acceptors (Lipinski definition) is 3. The van der Waals surface area contributed by atoms with Crippen LogP contribution in [0.1, 0.15) is 11.7 Å². The fraction of sp³-hybridized carbons (Fsp3) is 0.333. The van der Waals surface area contributed by atoms with Crippen LogP contribution in [-0.2, 0) is 0 Å². The van der Waals surface area contributed by atoms with Crippen LogP contribution in [0.2, 0.25) is 0 Å². The van der Waals surface area contributed by atoms with Gasteiger partial charge in [-0.15, -0.1) is 0 Å². The SMILES string of the molecule is N[C@@H](c1cnccn1)C(F)(F)F. The molecule has 0 bridgehead atoms. The molecule has 66 valence electrons. The van der Waals surface area contributed by atoms with Crippen LogP contribution in [0.5, 0.6) is 0 Å². The Balaban J connectivity index is 2.86. The molecule has 1 atom stereocenters. The molecule has 1 heterocycles. The summed E-state index contributed by atoms with van der Waals surface area (Å²) >= 11 is 0. The summed E-state index contributed by atoms with van der Waals surface area (Å²) in [5, 5.41) is 0. The molecule has 3 nitrogen and oxygen atoms in total. The number of alkyl halides is 3. The average molecular weight is 177 g/mol. The van der Waals surface area contributed by atoms with Crippen LogP contribution >= 0.6 is 0 Å². The van der Waals surface area contributed by atoms with Gasteiger partial charge in [0.2, 0.25) is 0 Å². The monoisotopic (exact) mass is 177 g/mol. The molecule has 1 aromatic heterocycles. The van der Waals surface area contributed by atoms with E-state index in [9.17, 15) is 13.2 Å². The molecular formula is C6H6F3N3. The van der Waals surface area contributed by atoms with Crippen molar-refractivity contribution in [1.82, 2.24) is 9.97 Å². The van der Waals surface area contributed by atoms with Crippen molar-refractivity contribution in [1.29, 1.82) is 0 Å². The Kier molecular flexibility index (Phi) is 2.27. The fourth-order valence-electron chi connectivity index (χ4n) is 0.639. The van der Waals surface area contributed by atoms with Gasteiger partial charge in [-0.1, -0.05) is 0 Å². The minimum atomic E-state index is -4.46. The van der Waals surface area contributed by atoms with Crippen LogP contribution < -0.4 is 5.73 Å². The number of halogens is 3. The van der Waals surface area contributed by atoms with Crippen LogP contribution in [0.15, 0.2) is 18.6 Å². The Hall–Kier alpha value is -1.17. The highest BCUT2D eigenvalue weighted by Gasteiger charge is 2.38. The van der Waals surface area contributed by atoms with Gasteiger partial charge in [0.05, 0.1) is 11.9 Å². The highest BCUT2D eigenvalue weighted by atomic mass is 19.4. The van der Waals surface area contributed by atoms with Crippen LogP contribution in [-0.4, -0.2) is 16.1 Å². The molecule has 0 aliphatic heterocycles. The van der Waals surface area contributed by atoms with Crippen molar-refractivity contribution in [3.63, 3.8) is 0 Å². The standard InChI is InChI=1S/C6H6F3N3/c7-6(8,9)5(10)4-3-11-1-2-12-4/h1-3,5H,10H2/t5-/m0/s1. The van der Waals surface area contributed by atoms with Gasteiger partial charge in [-0.2, -0.15) is 13.2 Å². The Bertz CT molecular complexity index is 246. The zero-order valence-electron chi connectivity index (χ0n) is 5.92. The topological polar surface area (TPSA) is 51.8 Å². The van der Waals surface area contributed by atoms with Crippen LogP contribution in [0.3, 0.4) is 0 Å². The molecule has 0 unspecified atom stereocenters. The molecule has 0 amide bonds. The summed E-state index contributed by atoms with van der Waals surface area (Å²) in [6.07, 6.45) is -1.01. The van der Waals surface area contributed by atoms with Gasteiger partial charge in [0, 0.05) is 12.4 Å². The number of hydrogen-bond donors (Lipinski definition) is 1. The van der Waals surface area contributed by atoms with Crippen molar-refractivity contribution in [3.05, 3.63) is 24.3 Å². The van der Waals surface area contributed by atoms with Crippen molar-refractivity contribution in [2.45, 2.75) is 12.2 Å². The molecule has 1 rings (SSSR count). The second-order valence-electron chi connectivity index (χ2n) is 2.15. The lowest BCUT2D eigenvalue weighted by molar-refractivity contribution is -0.150. The van der Waals surface area contributed by atoms with E-state index < -0.39 is 12.2 Å². The van der Waals surface area contributed by atoms with E-state index in [-0.39, 0.29) is 5.69 Å². The zero-order chi connectivity index (χ0) is 9.19. The van der Waals surface area contributed by atoms with E-state index in [4.69, 9.17) is 5.73 Å². The molecule has 0 fully saturated rings. The molecule has 12 heavy (non-hydrogen) atoms. The Morgan fingerprint density at radius 3 is 2.42 bits per heavy atom. The van der Waals surface area contributed by atoms with Crippen LogP contribution in [0, 0.1) is 0 Å². The lowest BCUT2D eigenvalue weighted by Gasteiger charge is -2.13. The number of nitrogens with zero attached hydrogens (tertiary/aromatic N) is 2. The normalized spacial score (nSPS) is 14.3. The van der Waals surface area contributed by atoms with Gasteiger partial charge in [-0.3, -0.25) is 9.97 Å². The molecule has 0 aliphatic carbocycles. The Labute approximate surface area is 66.4 Å². The Morgan fingerprint density at radius 1 is 1.33 bits per heavy atom. The third-order valence-electron chi connectivity index (χ3n) is 1.25. The summed E-state index contributed by atoms with van der Waals surface area (Å²) in [5.41, 5.74) is 4.57. The van der Waals surface area contributed by atoms with Crippen LogP contribution in [0.4, 0.5) is 13.2 Å². The van der Waals surface area contributed by atoms with Crippen LogP contribution in [0.25, 0.3) is 0 Å². The first-order chi connectivity index (χ1) is 5.52. The average Bonchev–Trinajstić information content (AvgIpc) is 2.03. The van der Waals surface area contributed by atoms with E-state index in [2.05, 4.69) is 9.97 Å². The van der Waals surface area contributed by atoms with Crippen molar-refractivity contribution in [2.24, 2.45) is 5.73 Å². The summed E-state index contributed by atoms with van der Waals surface area (Å²) in [4.78, 5) is 6.91. The number of rotatable bonds is 1. The Morgan fingerprint density at radius 2 is 2.00 bits per heavy atom. The molecule has 0 saturated carbocycles. The predicted octanol–water partition coefficient (Wildman–Crippen LogP) is 1.04. The van der Waals surface area contributed by atoms with Gasteiger partial charge in [-0.05, 0) is 0 Å². The predicted molar refractivity (Wildman–Crippen MR) is 35.0 cm³/mol. The van der Waals surface area contributed by atoms with E-state index in [1.54, 1.807) is 0 Å². The van der Waals surface area contributed by atoms with Crippen molar-refractivity contribution < 1.29 is 13.2 Å². The highest BCUT2D eigenvalue weighted by molar-refractivity contribution is 5.03. The van der Waals surface area contributed by atoms with Gasteiger partial charge in [-0.25, -0.2) is 0 Å². The smallest absolute Gasteiger partial charge is 0.315 e. The van der Waals surface area contributed by atoms with Gasteiger partial charge >= 0.3 is 6.18 Å². The third kappa shape index (κ3) is 1.91. The summed E-state index contributed by atoms with van der Waals surface area (Å²) in [5.74, 6) is 0. The highest BCUT2D eigenvalue weighted by Crippen LogP contribution is 2.28. The van der Waals surface area contributed by atoms with Gasteiger partial charge in [0.25, 0.3) is 0 Å². The van der Waals surface area contributed by atoms with E-state index >= 15 is 0 Å². The van der Waals surface area contributed by atoms with E-state index in [1.165, 1.54) is 12.4 Å². The molecule has 2 N–H and O–H groups in total.